The normalized spacial score (nSPS) is 10.8. The van der Waals surface area contributed by atoms with Gasteiger partial charge in [0.25, 0.3) is 0 Å². The summed E-state index contributed by atoms with van der Waals surface area (Å²) < 4.78 is 26.7. The molecule has 3 rings (SSSR count). The number of anilines is 1. The van der Waals surface area contributed by atoms with Gasteiger partial charge in [0.05, 0.1) is 17.4 Å². The Bertz CT molecular complexity index is 1090. The molecule has 32 heavy (non-hydrogen) atoms. The third-order valence-electron chi connectivity index (χ3n) is 4.40. The van der Waals surface area contributed by atoms with E-state index < -0.39 is 5.82 Å². The van der Waals surface area contributed by atoms with Crippen molar-refractivity contribution in [3.8, 4) is 11.5 Å². The number of amides is 1. The van der Waals surface area contributed by atoms with Gasteiger partial charge in [0.2, 0.25) is 5.91 Å². The Morgan fingerprint density at radius 2 is 1.97 bits per heavy atom. The summed E-state index contributed by atoms with van der Waals surface area (Å²) >= 11 is 7.00. The Balaban J connectivity index is 1.61. The molecule has 0 aliphatic rings. The van der Waals surface area contributed by atoms with Crippen LogP contribution in [-0.2, 0) is 17.9 Å². The number of nitrogens with zero attached hydrogens (tertiary/aromatic N) is 3. The number of thioether (sulfide) groups is 1. The van der Waals surface area contributed by atoms with Crippen LogP contribution >= 0.6 is 23.4 Å². The lowest BCUT2D eigenvalue weighted by Gasteiger charge is -2.13. The number of aryl methyl sites for hydroxylation is 1. The zero-order chi connectivity index (χ0) is 23.1. The first-order chi connectivity index (χ1) is 15.4. The van der Waals surface area contributed by atoms with Crippen molar-refractivity contribution in [1.29, 1.82) is 0 Å². The maximum absolute atomic E-state index is 13.3. The molecule has 0 unspecified atom stereocenters. The molecule has 0 radical (unpaired) electrons. The number of hydrogen-bond donors (Lipinski definition) is 1. The van der Waals surface area contributed by atoms with E-state index in [1.54, 1.807) is 0 Å². The van der Waals surface area contributed by atoms with E-state index in [1.807, 2.05) is 43.5 Å². The molecular weight excluding hydrogens is 455 g/mol. The van der Waals surface area contributed by atoms with Crippen molar-refractivity contribution in [2.24, 2.45) is 0 Å². The molecule has 2 aromatic carbocycles. The second-order valence-electron chi connectivity index (χ2n) is 6.78. The van der Waals surface area contributed by atoms with Gasteiger partial charge in [-0.2, -0.15) is 0 Å². The molecule has 1 amide bonds. The van der Waals surface area contributed by atoms with Crippen LogP contribution in [0.25, 0.3) is 0 Å². The number of nitrogens with one attached hydrogen (secondary N) is 1. The van der Waals surface area contributed by atoms with Crippen molar-refractivity contribution in [3.63, 3.8) is 0 Å². The van der Waals surface area contributed by atoms with Gasteiger partial charge in [0.15, 0.2) is 22.5 Å². The molecule has 170 valence electrons. The van der Waals surface area contributed by atoms with Crippen LogP contribution in [-0.4, -0.2) is 33.0 Å². The number of carbonyl (C=O) groups is 1. The van der Waals surface area contributed by atoms with Crippen LogP contribution in [0.5, 0.6) is 11.5 Å². The van der Waals surface area contributed by atoms with Gasteiger partial charge in [0, 0.05) is 12.2 Å². The molecule has 0 aliphatic heterocycles. The van der Waals surface area contributed by atoms with Crippen molar-refractivity contribution in [1.82, 2.24) is 14.8 Å². The summed E-state index contributed by atoms with van der Waals surface area (Å²) in [5.74, 6) is 1.27. The molecule has 3 aromatic rings. The van der Waals surface area contributed by atoms with Gasteiger partial charge >= 0.3 is 0 Å². The van der Waals surface area contributed by atoms with E-state index in [2.05, 4.69) is 15.5 Å². The minimum absolute atomic E-state index is 0.0492. The van der Waals surface area contributed by atoms with E-state index in [9.17, 15) is 9.18 Å². The van der Waals surface area contributed by atoms with Gasteiger partial charge in [-0.25, -0.2) is 4.39 Å². The van der Waals surface area contributed by atoms with Gasteiger partial charge in [-0.1, -0.05) is 29.4 Å². The van der Waals surface area contributed by atoms with E-state index in [0.717, 1.165) is 5.56 Å². The number of aromatic nitrogens is 3. The highest BCUT2D eigenvalue weighted by Gasteiger charge is 2.15. The number of rotatable bonds is 10. The highest BCUT2D eigenvalue weighted by atomic mass is 35.5. The first kappa shape index (κ1) is 23.9. The van der Waals surface area contributed by atoms with Crippen LogP contribution in [0.4, 0.5) is 10.1 Å². The average Bonchev–Trinajstić information content (AvgIpc) is 3.16. The molecule has 0 atom stereocenters. The molecule has 1 heterocycles. The van der Waals surface area contributed by atoms with Crippen LogP contribution in [0.2, 0.25) is 5.02 Å². The summed E-state index contributed by atoms with van der Waals surface area (Å²) in [6.45, 7) is 7.25. The smallest absolute Gasteiger partial charge is 0.234 e. The van der Waals surface area contributed by atoms with Gasteiger partial charge in [-0.3, -0.25) is 4.79 Å². The molecule has 10 heteroatoms. The molecule has 0 spiro atoms. The fraction of sp³-hybridized carbons (Fsp3) is 0.318. The van der Waals surface area contributed by atoms with Crippen LogP contribution in [0, 0.1) is 12.7 Å². The van der Waals surface area contributed by atoms with E-state index >= 15 is 0 Å². The second-order valence-corrected chi connectivity index (χ2v) is 8.13. The third kappa shape index (κ3) is 6.14. The fourth-order valence-corrected chi connectivity index (χ4v) is 3.90. The second kappa shape index (κ2) is 11.2. The molecule has 0 bridgehead atoms. The van der Waals surface area contributed by atoms with Crippen molar-refractivity contribution in [2.45, 2.75) is 39.1 Å². The van der Waals surface area contributed by atoms with Crippen molar-refractivity contribution in [2.75, 3.05) is 17.7 Å². The lowest BCUT2D eigenvalue weighted by Crippen LogP contribution is -2.15. The Morgan fingerprint density at radius 3 is 2.69 bits per heavy atom. The number of benzene rings is 2. The van der Waals surface area contributed by atoms with E-state index in [4.69, 9.17) is 21.1 Å². The summed E-state index contributed by atoms with van der Waals surface area (Å²) in [7, 11) is 0. The van der Waals surface area contributed by atoms with Crippen molar-refractivity contribution >= 4 is 35.0 Å². The summed E-state index contributed by atoms with van der Waals surface area (Å²) in [4.78, 5) is 12.3. The molecule has 0 fully saturated rings. The first-order valence-electron chi connectivity index (χ1n) is 10.1. The number of ether oxygens (including phenoxy) is 2. The molecule has 0 aliphatic carbocycles. The number of carbonyl (C=O) groups excluding carboxylic acids is 1. The third-order valence-corrected chi connectivity index (χ3v) is 5.66. The summed E-state index contributed by atoms with van der Waals surface area (Å²) in [5.41, 5.74) is 1.51. The Morgan fingerprint density at radius 1 is 1.16 bits per heavy atom. The van der Waals surface area contributed by atoms with Crippen LogP contribution in [0.1, 0.15) is 25.2 Å². The quantitative estimate of drug-likeness (QED) is 0.408. The SMILES string of the molecule is CCOc1cc(C)ccc1OCc1nnc(SCC(=O)Nc2ccc(F)c(Cl)c2)n1CC. The van der Waals surface area contributed by atoms with Gasteiger partial charge < -0.3 is 19.4 Å². The fourth-order valence-electron chi connectivity index (χ4n) is 2.90. The van der Waals surface area contributed by atoms with E-state index in [1.165, 1.54) is 30.0 Å². The lowest BCUT2D eigenvalue weighted by molar-refractivity contribution is -0.113. The van der Waals surface area contributed by atoms with Crippen LogP contribution in [0.3, 0.4) is 0 Å². The average molecular weight is 479 g/mol. The van der Waals surface area contributed by atoms with Crippen molar-refractivity contribution in [3.05, 3.63) is 58.6 Å². The number of hydrogen-bond acceptors (Lipinski definition) is 6. The maximum atomic E-state index is 13.3. The minimum Gasteiger partial charge on any atom is -0.490 e. The highest BCUT2D eigenvalue weighted by Crippen LogP contribution is 2.29. The Kier molecular flexibility index (Phi) is 8.35. The highest BCUT2D eigenvalue weighted by molar-refractivity contribution is 7.99. The summed E-state index contributed by atoms with van der Waals surface area (Å²) in [5, 5.41) is 11.6. The first-order valence-corrected chi connectivity index (χ1v) is 11.4. The number of halogens is 2. The van der Waals surface area contributed by atoms with E-state index in [0.29, 0.717) is 41.3 Å². The Hall–Kier alpha value is -2.78. The maximum Gasteiger partial charge on any atom is 0.234 e. The van der Waals surface area contributed by atoms with E-state index in [-0.39, 0.29) is 23.3 Å². The predicted molar refractivity (Wildman–Crippen MR) is 123 cm³/mol. The van der Waals surface area contributed by atoms with Crippen LogP contribution in [0.15, 0.2) is 41.6 Å². The van der Waals surface area contributed by atoms with Crippen molar-refractivity contribution < 1.29 is 18.7 Å². The van der Waals surface area contributed by atoms with Crippen LogP contribution < -0.4 is 14.8 Å². The predicted octanol–water partition coefficient (Wildman–Crippen LogP) is 5.11. The van der Waals surface area contributed by atoms with Gasteiger partial charge in [-0.15, -0.1) is 10.2 Å². The topological polar surface area (TPSA) is 78.3 Å². The largest absolute Gasteiger partial charge is 0.490 e. The molecular formula is C22H24ClFN4O3S. The summed E-state index contributed by atoms with van der Waals surface area (Å²) in [6, 6.07) is 9.78. The Labute approximate surface area is 195 Å². The standard InChI is InChI=1S/C22H24ClFN4O3S/c1-4-28-20(12-31-18-9-6-14(3)10-19(18)30-5-2)26-27-22(28)32-13-21(29)25-15-7-8-17(24)16(23)11-15/h6-11H,4-5,12-13H2,1-3H3,(H,25,29). The zero-order valence-electron chi connectivity index (χ0n) is 18.0. The monoisotopic (exact) mass is 478 g/mol. The minimum atomic E-state index is -0.538. The molecule has 1 aromatic heterocycles. The van der Waals surface area contributed by atoms with Gasteiger partial charge in [-0.05, 0) is 56.7 Å². The summed E-state index contributed by atoms with van der Waals surface area (Å²) in [6.07, 6.45) is 0. The molecule has 7 nitrogen and oxygen atoms in total. The lowest BCUT2D eigenvalue weighted by atomic mass is 10.2. The molecule has 0 saturated heterocycles. The zero-order valence-corrected chi connectivity index (χ0v) is 19.6. The molecule has 0 saturated carbocycles. The molecule has 1 N–H and O–H groups in total. The van der Waals surface area contributed by atoms with Gasteiger partial charge in [0.1, 0.15) is 12.4 Å².